The van der Waals surface area contributed by atoms with Gasteiger partial charge in [0.2, 0.25) is 0 Å². The maximum Gasteiger partial charge on any atom is 0.140 e. The molecule has 17 heavy (non-hydrogen) atoms. The number of aromatic nitrogens is 2. The van der Waals surface area contributed by atoms with Crippen LogP contribution in [0.25, 0.3) is 0 Å². The molecule has 0 unspecified atom stereocenters. The molecule has 2 heterocycles. The molecule has 0 saturated heterocycles. The normalized spacial score (nSPS) is 10.3. The fraction of sp³-hybridized carbons (Fsp3) is 0.231. The summed E-state index contributed by atoms with van der Waals surface area (Å²) in [6.45, 7) is 4.75. The summed E-state index contributed by atoms with van der Waals surface area (Å²) in [5.74, 6) is 0.866. The van der Waals surface area contributed by atoms with Crippen LogP contribution in [0.4, 0.5) is 5.82 Å². The summed E-state index contributed by atoms with van der Waals surface area (Å²) < 4.78 is 1.01. The summed E-state index contributed by atoms with van der Waals surface area (Å²) in [5.41, 5.74) is 3.35. The zero-order valence-electron chi connectivity index (χ0n) is 9.87. The highest BCUT2D eigenvalue weighted by molar-refractivity contribution is 9.10. The van der Waals surface area contributed by atoms with Crippen molar-refractivity contribution >= 4 is 21.7 Å². The van der Waals surface area contributed by atoms with Gasteiger partial charge in [-0.05, 0) is 53.0 Å². The average molecular weight is 292 g/mol. The number of pyridine rings is 2. The van der Waals surface area contributed by atoms with Crippen LogP contribution in [0, 0.1) is 13.8 Å². The second-order valence-electron chi connectivity index (χ2n) is 3.95. The van der Waals surface area contributed by atoms with E-state index in [9.17, 15) is 0 Å². The molecule has 0 saturated carbocycles. The van der Waals surface area contributed by atoms with Gasteiger partial charge in [0.1, 0.15) is 5.82 Å². The van der Waals surface area contributed by atoms with Crippen molar-refractivity contribution < 1.29 is 0 Å². The van der Waals surface area contributed by atoms with E-state index in [-0.39, 0.29) is 0 Å². The quantitative estimate of drug-likeness (QED) is 0.941. The first-order valence-electron chi connectivity index (χ1n) is 5.43. The fourth-order valence-electron chi connectivity index (χ4n) is 1.45. The number of rotatable bonds is 3. The second-order valence-corrected chi connectivity index (χ2v) is 4.74. The Labute approximate surface area is 109 Å². The molecule has 1 N–H and O–H groups in total. The summed E-state index contributed by atoms with van der Waals surface area (Å²) in [6.07, 6.45) is 3.68. The van der Waals surface area contributed by atoms with Gasteiger partial charge in [-0.1, -0.05) is 6.07 Å². The SMILES string of the molecule is Cc1ccc(CNc2nccc(C)c2Br)cn1. The van der Waals surface area contributed by atoms with Crippen LogP contribution in [0.1, 0.15) is 16.8 Å². The number of anilines is 1. The highest BCUT2D eigenvalue weighted by atomic mass is 79.9. The average Bonchev–Trinajstić information content (AvgIpc) is 2.33. The summed E-state index contributed by atoms with van der Waals surface area (Å²) >= 11 is 3.52. The van der Waals surface area contributed by atoms with Crippen LogP contribution in [-0.2, 0) is 6.54 Å². The van der Waals surface area contributed by atoms with Gasteiger partial charge in [0.05, 0.1) is 4.47 Å². The molecule has 0 aliphatic heterocycles. The number of nitrogens with zero attached hydrogens (tertiary/aromatic N) is 2. The molecule has 0 fully saturated rings. The number of nitrogens with one attached hydrogen (secondary N) is 1. The third kappa shape index (κ3) is 3.03. The predicted molar refractivity (Wildman–Crippen MR) is 73.0 cm³/mol. The topological polar surface area (TPSA) is 37.8 Å². The zero-order chi connectivity index (χ0) is 12.3. The van der Waals surface area contributed by atoms with Gasteiger partial charge in [-0.25, -0.2) is 4.98 Å². The Morgan fingerprint density at radius 2 is 2.00 bits per heavy atom. The molecule has 0 spiro atoms. The molecule has 4 heteroatoms. The number of aryl methyl sites for hydroxylation is 2. The maximum absolute atomic E-state index is 4.29. The highest BCUT2D eigenvalue weighted by Gasteiger charge is 2.03. The Kier molecular flexibility index (Phi) is 3.74. The van der Waals surface area contributed by atoms with E-state index in [1.165, 1.54) is 5.56 Å². The van der Waals surface area contributed by atoms with Crippen molar-refractivity contribution in [1.82, 2.24) is 9.97 Å². The van der Waals surface area contributed by atoms with Gasteiger partial charge in [0.15, 0.2) is 0 Å². The monoisotopic (exact) mass is 291 g/mol. The minimum atomic E-state index is 0.725. The lowest BCUT2D eigenvalue weighted by molar-refractivity contribution is 1.06. The van der Waals surface area contributed by atoms with Crippen LogP contribution in [0.3, 0.4) is 0 Å². The molecule has 0 aliphatic carbocycles. The minimum Gasteiger partial charge on any atom is -0.365 e. The Hall–Kier alpha value is -1.42. The van der Waals surface area contributed by atoms with Crippen molar-refractivity contribution in [3.05, 3.63) is 51.9 Å². The van der Waals surface area contributed by atoms with Gasteiger partial charge in [0, 0.05) is 24.6 Å². The lowest BCUT2D eigenvalue weighted by atomic mass is 10.2. The van der Waals surface area contributed by atoms with E-state index < -0.39 is 0 Å². The first-order valence-corrected chi connectivity index (χ1v) is 6.22. The fourth-order valence-corrected chi connectivity index (χ4v) is 1.83. The molecular weight excluding hydrogens is 278 g/mol. The van der Waals surface area contributed by atoms with E-state index in [0.29, 0.717) is 0 Å². The van der Waals surface area contributed by atoms with Crippen LogP contribution >= 0.6 is 15.9 Å². The van der Waals surface area contributed by atoms with Gasteiger partial charge in [-0.2, -0.15) is 0 Å². The standard InChI is InChI=1S/C13H14BrN3/c1-9-5-6-15-13(12(9)14)17-8-11-4-3-10(2)16-7-11/h3-7H,8H2,1-2H3,(H,15,17). The van der Waals surface area contributed by atoms with Crippen molar-refractivity contribution in [1.29, 1.82) is 0 Å². The molecular formula is C13H14BrN3. The molecule has 2 rings (SSSR count). The Balaban J connectivity index is 2.07. The highest BCUT2D eigenvalue weighted by Crippen LogP contribution is 2.23. The molecule has 3 nitrogen and oxygen atoms in total. The van der Waals surface area contributed by atoms with Crippen molar-refractivity contribution in [3.63, 3.8) is 0 Å². The van der Waals surface area contributed by atoms with E-state index in [4.69, 9.17) is 0 Å². The van der Waals surface area contributed by atoms with E-state index in [0.717, 1.165) is 28.1 Å². The molecule has 0 aromatic carbocycles. The third-order valence-corrected chi connectivity index (χ3v) is 3.52. The smallest absolute Gasteiger partial charge is 0.140 e. The van der Waals surface area contributed by atoms with E-state index in [2.05, 4.69) is 37.3 Å². The van der Waals surface area contributed by atoms with E-state index in [1.807, 2.05) is 32.2 Å². The summed E-state index contributed by atoms with van der Waals surface area (Å²) in [4.78, 5) is 8.55. The number of hydrogen-bond acceptors (Lipinski definition) is 3. The summed E-state index contributed by atoms with van der Waals surface area (Å²) in [6, 6.07) is 6.05. The first kappa shape index (κ1) is 12.0. The van der Waals surface area contributed by atoms with E-state index >= 15 is 0 Å². The molecule has 0 bridgehead atoms. The van der Waals surface area contributed by atoms with Gasteiger partial charge in [0.25, 0.3) is 0 Å². The Bertz CT molecular complexity index is 509. The first-order chi connectivity index (χ1) is 8.16. The van der Waals surface area contributed by atoms with Crippen molar-refractivity contribution in [2.24, 2.45) is 0 Å². The summed E-state index contributed by atoms with van der Waals surface area (Å²) in [5, 5.41) is 3.29. The van der Waals surface area contributed by atoms with Gasteiger partial charge in [-0.15, -0.1) is 0 Å². The molecule has 0 atom stereocenters. The van der Waals surface area contributed by atoms with Crippen LogP contribution in [0.15, 0.2) is 35.1 Å². The maximum atomic E-state index is 4.29. The van der Waals surface area contributed by atoms with Crippen molar-refractivity contribution in [3.8, 4) is 0 Å². The number of hydrogen-bond donors (Lipinski definition) is 1. The van der Waals surface area contributed by atoms with Crippen LogP contribution in [0.5, 0.6) is 0 Å². The minimum absolute atomic E-state index is 0.725. The van der Waals surface area contributed by atoms with Gasteiger partial charge < -0.3 is 5.32 Å². The van der Waals surface area contributed by atoms with Crippen molar-refractivity contribution in [2.45, 2.75) is 20.4 Å². The van der Waals surface area contributed by atoms with Gasteiger partial charge >= 0.3 is 0 Å². The molecule has 0 amide bonds. The molecule has 2 aromatic heterocycles. The largest absolute Gasteiger partial charge is 0.365 e. The van der Waals surface area contributed by atoms with Gasteiger partial charge in [-0.3, -0.25) is 4.98 Å². The molecule has 88 valence electrons. The third-order valence-electron chi connectivity index (χ3n) is 2.51. The van der Waals surface area contributed by atoms with Crippen LogP contribution in [-0.4, -0.2) is 9.97 Å². The molecule has 0 aliphatic rings. The molecule has 0 radical (unpaired) electrons. The number of halogens is 1. The zero-order valence-corrected chi connectivity index (χ0v) is 11.5. The second kappa shape index (κ2) is 5.27. The molecule has 2 aromatic rings. The lowest BCUT2D eigenvalue weighted by Gasteiger charge is -2.08. The van der Waals surface area contributed by atoms with Crippen molar-refractivity contribution in [2.75, 3.05) is 5.32 Å². The summed E-state index contributed by atoms with van der Waals surface area (Å²) in [7, 11) is 0. The van der Waals surface area contributed by atoms with Crippen LogP contribution in [0.2, 0.25) is 0 Å². The Morgan fingerprint density at radius 1 is 1.18 bits per heavy atom. The predicted octanol–water partition coefficient (Wildman–Crippen LogP) is 3.47. The van der Waals surface area contributed by atoms with E-state index in [1.54, 1.807) is 6.20 Å². The Morgan fingerprint density at radius 3 is 2.71 bits per heavy atom. The van der Waals surface area contributed by atoms with Crippen LogP contribution < -0.4 is 5.32 Å². The lowest BCUT2D eigenvalue weighted by Crippen LogP contribution is -2.03.